The Hall–Kier alpha value is -1.02. The molecule has 1 saturated carbocycles. The van der Waals surface area contributed by atoms with Crippen LogP contribution in [0.2, 0.25) is 0 Å². The molecule has 0 amide bonds. The van der Waals surface area contributed by atoms with E-state index >= 15 is 0 Å². The van der Waals surface area contributed by atoms with Gasteiger partial charge in [0.2, 0.25) is 0 Å². The molecule has 0 aromatic heterocycles. The lowest BCUT2D eigenvalue weighted by Crippen LogP contribution is -2.33. The molecule has 1 N–H and O–H groups in total. The van der Waals surface area contributed by atoms with Gasteiger partial charge in [-0.2, -0.15) is 0 Å². The van der Waals surface area contributed by atoms with Gasteiger partial charge in [-0.05, 0) is 43.9 Å². The van der Waals surface area contributed by atoms with Crippen LogP contribution in [0.1, 0.15) is 37.7 Å². The van der Waals surface area contributed by atoms with Gasteiger partial charge in [-0.1, -0.05) is 31.4 Å². The average Bonchev–Trinajstić information content (AvgIpc) is 2.38. The van der Waals surface area contributed by atoms with E-state index in [1.54, 1.807) is 0 Å². The first kappa shape index (κ1) is 13.4. The molecule has 1 aliphatic rings. The van der Waals surface area contributed by atoms with E-state index in [-0.39, 0.29) is 0 Å². The molecule has 0 spiro atoms. The minimum Gasteiger partial charge on any atom is -0.393 e. The van der Waals surface area contributed by atoms with Crippen molar-refractivity contribution in [2.75, 3.05) is 11.9 Å². The van der Waals surface area contributed by atoms with Gasteiger partial charge in [0.05, 0.1) is 6.10 Å². The van der Waals surface area contributed by atoms with Crippen LogP contribution in [0, 0.1) is 6.92 Å². The van der Waals surface area contributed by atoms with E-state index in [9.17, 15) is 5.11 Å². The number of anilines is 1. The maximum absolute atomic E-state index is 9.36. The zero-order chi connectivity index (χ0) is 13.0. The maximum Gasteiger partial charge on any atom is 0.0581 e. The number of hydrogen-bond acceptors (Lipinski definition) is 2. The first-order valence-electron chi connectivity index (χ1n) is 7.00. The van der Waals surface area contributed by atoms with Gasteiger partial charge in [0.1, 0.15) is 0 Å². The summed E-state index contributed by atoms with van der Waals surface area (Å²) in [5, 5.41) is 9.36. The minimum atomic E-state index is -0.514. The van der Waals surface area contributed by atoms with Crippen LogP contribution in [-0.2, 0) is 6.42 Å². The van der Waals surface area contributed by atoms with E-state index in [0.717, 1.165) is 5.56 Å². The Balaban J connectivity index is 2.06. The van der Waals surface area contributed by atoms with Crippen LogP contribution in [0.15, 0.2) is 24.3 Å². The summed E-state index contributed by atoms with van der Waals surface area (Å²) in [6.07, 6.45) is 6.82. The number of hydrogen-bond donors (Lipinski definition) is 1. The van der Waals surface area contributed by atoms with Gasteiger partial charge in [-0.3, -0.25) is 0 Å². The second-order valence-corrected chi connectivity index (χ2v) is 5.43. The van der Waals surface area contributed by atoms with Gasteiger partial charge in [-0.25, -0.2) is 0 Å². The van der Waals surface area contributed by atoms with Gasteiger partial charge in [0.15, 0.2) is 0 Å². The number of aliphatic hydroxyl groups is 1. The van der Waals surface area contributed by atoms with Crippen LogP contribution in [0.25, 0.3) is 0 Å². The quantitative estimate of drug-likeness (QED) is 0.882. The summed E-state index contributed by atoms with van der Waals surface area (Å²) < 4.78 is 0. The van der Waals surface area contributed by atoms with Crippen molar-refractivity contribution in [2.45, 2.75) is 50.7 Å². The van der Waals surface area contributed by atoms with Crippen LogP contribution in [0.3, 0.4) is 0 Å². The third kappa shape index (κ3) is 3.49. The van der Waals surface area contributed by atoms with E-state index in [2.05, 4.69) is 43.1 Å². The zero-order valence-electron chi connectivity index (χ0n) is 11.3. The minimum absolute atomic E-state index is 0.514. The fourth-order valence-electron chi connectivity index (χ4n) is 2.85. The second kappa shape index (κ2) is 6.24. The predicted octanol–water partition coefficient (Wildman–Crippen LogP) is 3.19. The first-order chi connectivity index (χ1) is 8.66. The standard InChI is InChI=1S/C16H24NO/c1-13(18)11-14-7-6-10-16(12-14)17(2)15-8-4-3-5-9-15/h6-7,10,12-13,15,18H,1,3-5,8-9,11H2,2H3. The average molecular weight is 246 g/mol. The Morgan fingerprint density at radius 2 is 2.06 bits per heavy atom. The molecule has 2 rings (SSSR count). The van der Waals surface area contributed by atoms with E-state index in [1.165, 1.54) is 37.8 Å². The van der Waals surface area contributed by atoms with Crippen molar-refractivity contribution in [3.05, 3.63) is 36.8 Å². The van der Waals surface area contributed by atoms with E-state index in [1.807, 2.05) is 0 Å². The monoisotopic (exact) mass is 246 g/mol. The topological polar surface area (TPSA) is 23.5 Å². The molecule has 0 bridgehead atoms. The lowest BCUT2D eigenvalue weighted by atomic mass is 9.94. The Labute approximate surface area is 111 Å². The van der Waals surface area contributed by atoms with Gasteiger partial charge in [0.25, 0.3) is 0 Å². The highest BCUT2D eigenvalue weighted by Gasteiger charge is 2.18. The molecule has 18 heavy (non-hydrogen) atoms. The summed E-state index contributed by atoms with van der Waals surface area (Å²) >= 11 is 0. The molecule has 1 radical (unpaired) electrons. The third-order valence-corrected chi connectivity index (χ3v) is 3.91. The van der Waals surface area contributed by atoms with Crippen LogP contribution < -0.4 is 4.90 Å². The first-order valence-corrected chi connectivity index (χ1v) is 7.00. The molecule has 1 aromatic rings. The summed E-state index contributed by atoms with van der Waals surface area (Å²) in [6.45, 7) is 3.64. The highest BCUT2D eigenvalue weighted by Crippen LogP contribution is 2.26. The predicted molar refractivity (Wildman–Crippen MR) is 76.8 cm³/mol. The van der Waals surface area contributed by atoms with Crippen molar-refractivity contribution in [1.29, 1.82) is 0 Å². The summed E-state index contributed by atoms with van der Waals surface area (Å²) in [5.41, 5.74) is 2.43. The van der Waals surface area contributed by atoms with Gasteiger partial charge < -0.3 is 10.0 Å². The molecule has 2 nitrogen and oxygen atoms in total. The van der Waals surface area contributed by atoms with Crippen molar-refractivity contribution >= 4 is 5.69 Å². The largest absolute Gasteiger partial charge is 0.393 e. The van der Waals surface area contributed by atoms with Crippen molar-refractivity contribution in [1.82, 2.24) is 0 Å². The fourth-order valence-corrected chi connectivity index (χ4v) is 2.85. The second-order valence-electron chi connectivity index (χ2n) is 5.43. The van der Waals surface area contributed by atoms with Crippen LogP contribution in [0.4, 0.5) is 5.69 Å². The van der Waals surface area contributed by atoms with Gasteiger partial charge >= 0.3 is 0 Å². The molecule has 99 valence electrons. The molecule has 1 atom stereocenters. The highest BCUT2D eigenvalue weighted by atomic mass is 16.3. The summed E-state index contributed by atoms with van der Waals surface area (Å²) in [6, 6.07) is 9.16. The molecule has 1 aromatic carbocycles. The smallest absolute Gasteiger partial charge is 0.0581 e. The molecule has 2 heteroatoms. The molecule has 1 aliphatic carbocycles. The Kier molecular flexibility index (Phi) is 4.65. The third-order valence-electron chi connectivity index (χ3n) is 3.91. The van der Waals surface area contributed by atoms with Gasteiger partial charge in [-0.15, -0.1) is 0 Å². The summed E-state index contributed by atoms with van der Waals surface area (Å²) in [7, 11) is 2.19. The van der Waals surface area contributed by atoms with Crippen LogP contribution in [-0.4, -0.2) is 24.3 Å². The molecular formula is C16H24NO. The number of aliphatic hydroxyl groups excluding tert-OH is 1. The Morgan fingerprint density at radius 1 is 1.33 bits per heavy atom. The van der Waals surface area contributed by atoms with Crippen molar-refractivity contribution in [2.24, 2.45) is 0 Å². The highest BCUT2D eigenvalue weighted by molar-refractivity contribution is 5.49. The van der Waals surface area contributed by atoms with Crippen LogP contribution in [0.5, 0.6) is 0 Å². The molecule has 0 saturated heterocycles. The van der Waals surface area contributed by atoms with Crippen LogP contribution >= 0.6 is 0 Å². The number of benzene rings is 1. The van der Waals surface area contributed by atoms with Crippen molar-refractivity contribution < 1.29 is 5.11 Å². The Morgan fingerprint density at radius 3 is 2.72 bits per heavy atom. The van der Waals surface area contributed by atoms with Crippen molar-refractivity contribution in [3.8, 4) is 0 Å². The summed E-state index contributed by atoms with van der Waals surface area (Å²) in [4.78, 5) is 2.40. The lowest BCUT2D eigenvalue weighted by molar-refractivity contribution is 0.221. The lowest BCUT2D eigenvalue weighted by Gasteiger charge is -2.33. The van der Waals surface area contributed by atoms with Crippen molar-refractivity contribution in [3.63, 3.8) is 0 Å². The summed E-state index contributed by atoms with van der Waals surface area (Å²) in [5.74, 6) is 0. The zero-order valence-corrected chi connectivity index (χ0v) is 11.3. The SMILES string of the molecule is [CH2]C(O)Cc1cccc(N(C)C2CCCCC2)c1. The number of rotatable bonds is 4. The normalized spacial score (nSPS) is 18.6. The molecule has 1 fully saturated rings. The van der Waals surface area contributed by atoms with E-state index < -0.39 is 6.10 Å². The molecule has 0 aliphatic heterocycles. The molecule has 0 heterocycles. The van der Waals surface area contributed by atoms with E-state index in [4.69, 9.17) is 0 Å². The van der Waals surface area contributed by atoms with E-state index in [0.29, 0.717) is 12.5 Å². The molecule has 1 unspecified atom stereocenters. The van der Waals surface area contributed by atoms with Gasteiger partial charge in [0, 0.05) is 18.8 Å². The Bertz CT molecular complexity index is 369. The maximum atomic E-state index is 9.36. The number of nitrogens with zero attached hydrogens (tertiary/aromatic N) is 1. The fraction of sp³-hybridized carbons (Fsp3) is 0.562. The molecular weight excluding hydrogens is 222 g/mol.